The minimum Gasteiger partial charge on any atom is -0.410 e. The molecular weight excluding hydrogens is 278 g/mol. The number of benzene rings is 2. The fourth-order valence-corrected chi connectivity index (χ4v) is 1.84. The second-order valence-corrected chi connectivity index (χ2v) is 4.82. The van der Waals surface area contributed by atoms with Crippen LogP contribution in [0.4, 0.5) is 5.69 Å². The van der Waals surface area contributed by atoms with E-state index in [4.69, 9.17) is 5.21 Å². The molecule has 5 heteroatoms. The van der Waals surface area contributed by atoms with E-state index in [0.717, 1.165) is 11.3 Å². The van der Waals surface area contributed by atoms with Crippen LogP contribution in [0, 0.1) is 6.92 Å². The van der Waals surface area contributed by atoms with Crippen LogP contribution in [-0.2, 0) is 0 Å². The van der Waals surface area contributed by atoms with Crippen molar-refractivity contribution in [2.75, 3.05) is 5.43 Å². The maximum Gasteiger partial charge on any atom is 0.216 e. The van der Waals surface area contributed by atoms with Gasteiger partial charge in [-0.15, -0.1) is 0 Å². The molecule has 0 aliphatic rings. The maximum absolute atomic E-state index is 12.3. The van der Waals surface area contributed by atoms with E-state index < -0.39 is 0 Å². The van der Waals surface area contributed by atoms with Gasteiger partial charge in [0.05, 0.1) is 11.4 Å². The van der Waals surface area contributed by atoms with E-state index in [1.54, 1.807) is 31.2 Å². The summed E-state index contributed by atoms with van der Waals surface area (Å²) in [7, 11) is 0. The summed E-state index contributed by atoms with van der Waals surface area (Å²) in [5.41, 5.74) is 5.42. The number of hydrogen-bond acceptors (Lipinski definition) is 5. The molecule has 2 N–H and O–H groups in total. The van der Waals surface area contributed by atoms with E-state index in [1.165, 1.54) is 0 Å². The maximum atomic E-state index is 12.3. The summed E-state index contributed by atoms with van der Waals surface area (Å²) >= 11 is 0. The summed E-state index contributed by atoms with van der Waals surface area (Å²) in [5.74, 6) is -0.380. The molecule has 0 heterocycles. The van der Waals surface area contributed by atoms with E-state index in [1.807, 2.05) is 37.3 Å². The summed E-state index contributed by atoms with van der Waals surface area (Å²) in [4.78, 5) is 12.3. The van der Waals surface area contributed by atoms with Crippen LogP contribution in [-0.4, -0.2) is 22.4 Å². The third-order valence-corrected chi connectivity index (χ3v) is 3.10. The number of anilines is 1. The lowest BCUT2D eigenvalue weighted by Crippen LogP contribution is -2.23. The van der Waals surface area contributed by atoms with E-state index in [9.17, 15) is 4.79 Å². The summed E-state index contributed by atoms with van der Waals surface area (Å²) in [6.45, 7) is 3.60. The first-order valence-corrected chi connectivity index (χ1v) is 6.81. The summed E-state index contributed by atoms with van der Waals surface area (Å²) < 4.78 is 0. The van der Waals surface area contributed by atoms with Crippen LogP contribution in [0.2, 0.25) is 0 Å². The highest BCUT2D eigenvalue weighted by atomic mass is 16.4. The molecule has 0 fully saturated rings. The zero-order valence-corrected chi connectivity index (χ0v) is 12.4. The molecular formula is C17H17N3O2. The highest BCUT2D eigenvalue weighted by molar-refractivity contribution is 6.69. The third kappa shape index (κ3) is 3.79. The normalized spacial score (nSPS) is 12.1. The average Bonchev–Trinajstić information content (AvgIpc) is 2.55. The number of nitrogens with zero attached hydrogens (tertiary/aromatic N) is 2. The number of carbonyl (C=O) groups is 1. The number of hydrazone groups is 1. The number of hydrogen-bond donors (Lipinski definition) is 2. The van der Waals surface area contributed by atoms with Crippen LogP contribution in [0.15, 0.2) is 64.9 Å². The van der Waals surface area contributed by atoms with Crippen LogP contribution >= 0.6 is 0 Å². The zero-order chi connectivity index (χ0) is 15.9. The highest BCUT2D eigenvalue weighted by Crippen LogP contribution is 2.09. The van der Waals surface area contributed by atoms with Gasteiger partial charge in [-0.25, -0.2) is 0 Å². The lowest BCUT2D eigenvalue weighted by atomic mass is 10.0. The fourth-order valence-electron chi connectivity index (χ4n) is 1.84. The van der Waals surface area contributed by atoms with Crippen LogP contribution in [0.5, 0.6) is 0 Å². The number of ketones is 1. The van der Waals surface area contributed by atoms with Gasteiger partial charge in [0, 0.05) is 5.56 Å². The molecule has 2 rings (SSSR count). The summed E-state index contributed by atoms with van der Waals surface area (Å²) in [6, 6.07) is 16.3. The number of Topliss-reactive ketones (excluding diaryl/α,β-unsaturated/α-hetero) is 1. The second kappa shape index (κ2) is 7.17. The number of aryl methyl sites for hydroxylation is 1. The minimum absolute atomic E-state index is 0.0918. The first-order chi connectivity index (χ1) is 10.6. The first kappa shape index (κ1) is 15.4. The Hall–Kier alpha value is -2.95. The van der Waals surface area contributed by atoms with Crippen molar-refractivity contribution in [3.8, 4) is 0 Å². The van der Waals surface area contributed by atoms with Crippen molar-refractivity contribution in [2.24, 2.45) is 10.3 Å². The molecule has 112 valence electrons. The Balaban J connectivity index is 2.15. The van der Waals surface area contributed by atoms with Gasteiger partial charge in [-0.05, 0) is 26.0 Å². The molecule has 0 aliphatic heterocycles. The van der Waals surface area contributed by atoms with Crippen LogP contribution in [0.3, 0.4) is 0 Å². The smallest absolute Gasteiger partial charge is 0.216 e. The molecule has 0 saturated heterocycles. The topological polar surface area (TPSA) is 74.1 Å². The van der Waals surface area contributed by atoms with Crippen LogP contribution in [0.1, 0.15) is 22.8 Å². The molecule has 0 aliphatic carbocycles. The van der Waals surface area contributed by atoms with Crippen molar-refractivity contribution in [3.05, 3.63) is 65.7 Å². The molecule has 0 amide bonds. The molecule has 0 aromatic heterocycles. The zero-order valence-electron chi connectivity index (χ0n) is 12.4. The van der Waals surface area contributed by atoms with Gasteiger partial charge in [-0.2, -0.15) is 5.10 Å². The van der Waals surface area contributed by atoms with Gasteiger partial charge >= 0.3 is 0 Å². The van der Waals surface area contributed by atoms with Gasteiger partial charge in [0.1, 0.15) is 0 Å². The number of nitrogens with one attached hydrogen (secondary N) is 1. The standard InChI is InChI=1S/C17H17N3O2/c1-12-8-10-15(11-9-12)19-18-13(2)16(20-22)17(21)14-6-4-3-5-7-14/h3-11,19,22H,1-2H3/b18-13-,20-16+. The fraction of sp³-hybridized carbons (Fsp3) is 0.118. The molecule has 0 unspecified atom stereocenters. The third-order valence-electron chi connectivity index (χ3n) is 3.10. The Labute approximate surface area is 129 Å². The van der Waals surface area contributed by atoms with Gasteiger partial charge in [-0.1, -0.05) is 53.2 Å². The Morgan fingerprint density at radius 3 is 2.27 bits per heavy atom. The van der Waals surface area contributed by atoms with Crippen molar-refractivity contribution in [1.29, 1.82) is 0 Å². The van der Waals surface area contributed by atoms with Crippen molar-refractivity contribution in [1.82, 2.24) is 0 Å². The molecule has 0 bridgehead atoms. The quantitative estimate of drug-likeness (QED) is 0.384. The van der Waals surface area contributed by atoms with Gasteiger partial charge in [0.25, 0.3) is 0 Å². The summed E-state index contributed by atoms with van der Waals surface area (Å²) in [6.07, 6.45) is 0. The van der Waals surface area contributed by atoms with Gasteiger partial charge < -0.3 is 5.21 Å². The van der Waals surface area contributed by atoms with E-state index in [-0.39, 0.29) is 11.5 Å². The Morgan fingerprint density at radius 2 is 1.68 bits per heavy atom. The number of oxime groups is 1. The molecule has 0 atom stereocenters. The Morgan fingerprint density at radius 1 is 1.05 bits per heavy atom. The lowest BCUT2D eigenvalue weighted by molar-refractivity contribution is 0.106. The average molecular weight is 295 g/mol. The van der Waals surface area contributed by atoms with Gasteiger partial charge in [-0.3, -0.25) is 10.2 Å². The second-order valence-electron chi connectivity index (χ2n) is 4.82. The largest absolute Gasteiger partial charge is 0.410 e. The number of rotatable bonds is 5. The molecule has 0 radical (unpaired) electrons. The lowest BCUT2D eigenvalue weighted by Gasteiger charge is -2.05. The molecule has 22 heavy (non-hydrogen) atoms. The predicted molar refractivity (Wildman–Crippen MR) is 87.9 cm³/mol. The van der Waals surface area contributed by atoms with Gasteiger partial charge in [0.2, 0.25) is 5.78 Å². The van der Waals surface area contributed by atoms with Crippen LogP contribution < -0.4 is 5.43 Å². The van der Waals surface area contributed by atoms with E-state index >= 15 is 0 Å². The first-order valence-electron chi connectivity index (χ1n) is 6.81. The van der Waals surface area contributed by atoms with Crippen molar-refractivity contribution < 1.29 is 10.0 Å². The highest BCUT2D eigenvalue weighted by Gasteiger charge is 2.17. The minimum atomic E-state index is -0.380. The van der Waals surface area contributed by atoms with Crippen molar-refractivity contribution in [2.45, 2.75) is 13.8 Å². The predicted octanol–water partition coefficient (Wildman–Crippen LogP) is 3.50. The van der Waals surface area contributed by atoms with Crippen LogP contribution in [0.25, 0.3) is 0 Å². The molecule has 2 aromatic carbocycles. The number of carbonyl (C=O) groups excluding carboxylic acids is 1. The molecule has 0 spiro atoms. The molecule has 0 saturated carbocycles. The van der Waals surface area contributed by atoms with Gasteiger partial charge in [0.15, 0.2) is 5.71 Å². The van der Waals surface area contributed by atoms with Crippen molar-refractivity contribution >= 4 is 22.9 Å². The Bertz CT molecular complexity index is 704. The molecule has 5 nitrogen and oxygen atoms in total. The molecule has 2 aromatic rings. The Kier molecular flexibility index (Phi) is 5.03. The summed E-state index contributed by atoms with van der Waals surface area (Å²) in [5, 5.41) is 16.3. The van der Waals surface area contributed by atoms with E-state index in [2.05, 4.69) is 15.7 Å². The monoisotopic (exact) mass is 295 g/mol. The van der Waals surface area contributed by atoms with Crippen molar-refractivity contribution in [3.63, 3.8) is 0 Å². The van der Waals surface area contributed by atoms with E-state index in [0.29, 0.717) is 11.3 Å². The SMILES string of the molecule is CC(=N/Nc1ccc(C)cc1)/C(=N\O)C(=O)c1ccccc1.